The second-order valence-corrected chi connectivity index (χ2v) is 8.96. The van der Waals surface area contributed by atoms with Gasteiger partial charge in [-0.1, -0.05) is 0 Å². The van der Waals surface area contributed by atoms with Gasteiger partial charge in [0.1, 0.15) is 11.6 Å². The Hall–Kier alpha value is -1.38. The molecule has 2 aliphatic heterocycles. The van der Waals surface area contributed by atoms with Crippen LogP contribution < -0.4 is 5.32 Å². The van der Waals surface area contributed by atoms with Crippen LogP contribution in [0, 0.1) is 0 Å². The number of piperidine rings is 1. The van der Waals surface area contributed by atoms with E-state index in [1.54, 1.807) is 34.8 Å². The molecular weight excluding hydrogens is 360 g/mol. The summed E-state index contributed by atoms with van der Waals surface area (Å²) in [6.07, 6.45) is 1.34. The van der Waals surface area contributed by atoms with Gasteiger partial charge in [-0.15, -0.1) is 0 Å². The highest BCUT2D eigenvalue weighted by molar-refractivity contribution is 5.86. The summed E-state index contributed by atoms with van der Waals surface area (Å²) in [5, 5.41) is 2.70. The molecule has 0 radical (unpaired) electrons. The summed E-state index contributed by atoms with van der Waals surface area (Å²) in [7, 11) is 3.71. The maximum Gasteiger partial charge on any atom is 0.408 e. The quantitative estimate of drug-likeness (QED) is 0.749. The van der Waals surface area contributed by atoms with Crippen molar-refractivity contribution in [2.45, 2.75) is 64.3 Å². The summed E-state index contributed by atoms with van der Waals surface area (Å²) in [6, 6.07) is -0.142. The number of amides is 2. The summed E-state index contributed by atoms with van der Waals surface area (Å²) in [5.41, 5.74) is -0.617. The molecule has 0 unspecified atom stereocenters. The molecule has 8 heteroatoms. The lowest BCUT2D eigenvalue weighted by atomic mass is 10.0. The van der Waals surface area contributed by atoms with E-state index >= 15 is 0 Å². The molecule has 2 aliphatic rings. The highest BCUT2D eigenvalue weighted by atomic mass is 16.6. The van der Waals surface area contributed by atoms with Crippen molar-refractivity contribution in [3.05, 3.63) is 0 Å². The Balaban J connectivity index is 1.91. The summed E-state index contributed by atoms with van der Waals surface area (Å²) in [5.74, 6) is -0.108. The third-order valence-corrected chi connectivity index (χ3v) is 5.61. The van der Waals surface area contributed by atoms with Crippen LogP contribution >= 0.6 is 0 Å². The number of carbonyl (C=O) groups excluding carboxylic acids is 2. The Morgan fingerprint density at radius 1 is 1.04 bits per heavy atom. The molecule has 0 aromatic carbocycles. The lowest BCUT2D eigenvalue weighted by Crippen LogP contribution is -2.60. The largest absolute Gasteiger partial charge is 0.444 e. The summed E-state index contributed by atoms with van der Waals surface area (Å²) < 4.78 is 10.7. The molecule has 0 saturated carbocycles. The standard InChI is InChI=1S/C20H38N4O4/c1-15(27-6)17(21-19(26)28-20(2,3)4)18(25)24-13-11-23(12-14-24)16-7-9-22(5)10-8-16/h15-17H,7-14H2,1-6H3,(H,21,26)/t15-,17-/m1/s1. The Labute approximate surface area is 169 Å². The number of piperazine rings is 1. The van der Waals surface area contributed by atoms with Crippen molar-refractivity contribution in [1.29, 1.82) is 0 Å². The van der Waals surface area contributed by atoms with Crippen LogP contribution in [0.1, 0.15) is 40.5 Å². The predicted molar refractivity (Wildman–Crippen MR) is 108 cm³/mol. The molecule has 2 rings (SSSR count). The number of methoxy groups -OCH3 is 1. The molecule has 2 saturated heterocycles. The summed E-state index contributed by atoms with van der Waals surface area (Å²) in [4.78, 5) is 32.0. The molecule has 28 heavy (non-hydrogen) atoms. The molecule has 0 spiro atoms. The normalized spacial score (nSPS) is 22.6. The minimum Gasteiger partial charge on any atom is -0.444 e. The van der Waals surface area contributed by atoms with E-state index in [1.165, 1.54) is 12.8 Å². The number of nitrogens with zero attached hydrogens (tertiary/aromatic N) is 3. The SMILES string of the molecule is CO[C@H](C)[C@@H](NC(=O)OC(C)(C)C)C(=O)N1CCN(C2CCN(C)CC2)CC1. The fourth-order valence-electron chi connectivity index (χ4n) is 3.81. The van der Waals surface area contributed by atoms with E-state index in [0.29, 0.717) is 19.1 Å². The number of nitrogens with one attached hydrogen (secondary N) is 1. The van der Waals surface area contributed by atoms with Crippen LogP contribution in [0.15, 0.2) is 0 Å². The van der Waals surface area contributed by atoms with Crippen molar-refractivity contribution < 1.29 is 19.1 Å². The van der Waals surface area contributed by atoms with Gasteiger partial charge in [-0.3, -0.25) is 9.69 Å². The monoisotopic (exact) mass is 398 g/mol. The fraction of sp³-hybridized carbons (Fsp3) is 0.900. The van der Waals surface area contributed by atoms with Gasteiger partial charge in [0.05, 0.1) is 6.10 Å². The molecule has 2 atom stereocenters. The lowest BCUT2D eigenvalue weighted by Gasteiger charge is -2.43. The van der Waals surface area contributed by atoms with E-state index in [2.05, 4.69) is 22.2 Å². The first kappa shape index (κ1) is 22.9. The van der Waals surface area contributed by atoms with Gasteiger partial charge < -0.3 is 24.6 Å². The van der Waals surface area contributed by atoms with Gasteiger partial charge in [0.2, 0.25) is 5.91 Å². The predicted octanol–water partition coefficient (Wildman–Crippen LogP) is 1.15. The van der Waals surface area contributed by atoms with Crippen molar-refractivity contribution >= 4 is 12.0 Å². The number of likely N-dealkylation sites (tertiary alicyclic amines) is 1. The van der Waals surface area contributed by atoms with Crippen LogP contribution in [0.25, 0.3) is 0 Å². The van der Waals surface area contributed by atoms with Gasteiger partial charge in [0.15, 0.2) is 0 Å². The van der Waals surface area contributed by atoms with Crippen molar-refractivity contribution in [2.24, 2.45) is 0 Å². The summed E-state index contributed by atoms with van der Waals surface area (Å²) >= 11 is 0. The van der Waals surface area contributed by atoms with Crippen molar-refractivity contribution in [2.75, 3.05) is 53.4 Å². The zero-order chi connectivity index (χ0) is 20.9. The maximum absolute atomic E-state index is 13.1. The van der Waals surface area contributed by atoms with Crippen LogP contribution in [0.4, 0.5) is 4.79 Å². The van der Waals surface area contributed by atoms with Gasteiger partial charge in [-0.05, 0) is 60.7 Å². The first-order chi connectivity index (χ1) is 13.1. The topological polar surface area (TPSA) is 74.3 Å². The number of rotatable bonds is 5. The van der Waals surface area contributed by atoms with E-state index in [0.717, 1.165) is 26.2 Å². The Kier molecular flexibility index (Phi) is 8.09. The van der Waals surface area contributed by atoms with Crippen LogP contribution in [-0.4, -0.2) is 104 Å². The Morgan fingerprint density at radius 3 is 2.11 bits per heavy atom. The lowest BCUT2D eigenvalue weighted by molar-refractivity contribution is -0.139. The molecule has 1 N–H and O–H groups in total. The smallest absolute Gasteiger partial charge is 0.408 e. The summed E-state index contributed by atoms with van der Waals surface area (Å²) in [6.45, 7) is 12.6. The number of hydrogen-bond acceptors (Lipinski definition) is 6. The van der Waals surface area contributed by atoms with E-state index in [9.17, 15) is 9.59 Å². The molecule has 0 aromatic heterocycles. The van der Waals surface area contributed by atoms with Crippen LogP contribution in [0.2, 0.25) is 0 Å². The minimum absolute atomic E-state index is 0.108. The second-order valence-electron chi connectivity index (χ2n) is 8.96. The minimum atomic E-state index is -0.755. The molecule has 8 nitrogen and oxygen atoms in total. The van der Waals surface area contributed by atoms with Crippen molar-refractivity contribution in [3.63, 3.8) is 0 Å². The van der Waals surface area contributed by atoms with Crippen LogP contribution in [-0.2, 0) is 14.3 Å². The number of alkyl carbamates (subject to hydrolysis) is 1. The van der Waals surface area contributed by atoms with Crippen LogP contribution in [0.5, 0.6) is 0 Å². The van der Waals surface area contributed by atoms with Gasteiger partial charge in [0.25, 0.3) is 0 Å². The average molecular weight is 399 g/mol. The molecule has 2 heterocycles. The molecule has 2 fully saturated rings. The third kappa shape index (κ3) is 6.60. The fourth-order valence-corrected chi connectivity index (χ4v) is 3.81. The zero-order valence-corrected chi connectivity index (χ0v) is 18.4. The van der Waals surface area contributed by atoms with Gasteiger partial charge in [-0.25, -0.2) is 4.79 Å². The van der Waals surface area contributed by atoms with E-state index in [1.807, 2.05) is 4.90 Å². The van der Waals surface area contributed by atoms with E-state index in [-0.39, 0.29) is 5.91 Å². The molecule has 0 bridgehead atoms. The first-order valence-electron chi connectivity index (χ1n) is 10.3. The van der Waals surface area contributed by atoms with Crippen molar-refractivity contribution in [1.82, 2.24) is 20.0 Å². The maximum atomic E-state index is 13.1. The average Bonchev–Trinajstić information content (AvgIpc) is 2.64. The highest BCUT2D eigenvalue weighted by Gasteiger charge is 2.35. The van der Waals surface area contributed by atoms with Crippen LogP contribution in [0.3, 0.4) is 0 Å². The molecule has 0 aromatic rings. The molecule has 162 valence electrons. The van der Waals surface area contributed by atoms with E-state index < -0.39 is 23.8 Å². The van der Waals surface area contributed by atoms with Crippen molar-refractivity contribution in [3.8, 4) is 0 Å². The number of carbonyl (C=O) groups is 2. The molecule has 0 aliphatic carbocycles. The van der Waals surface area contributed by atoms with E-state index in [4.69, 9.17) is 9.47 Å². The van der Waals surface area contributed by atoms with Gasteiger partial charge in [0, 0.05) is 39.3 Å². The molecule has 2 amide bonds. The Morgan fingerprint density at radius 2 is 1.61 bits per heavy atom. The zero-order valence-electron chi connectivity index (χ0n) is 18.4. The van der Waals surface area contributed by atoms with Gasteiger partial charge >= 0.3 is 6.09 Å². The number of hydrogen-bond donors (Lipinski definition) is 1. The highest BCUT2D eigenvalue weighted by Crippen LogP contribution is 2.18. The molecular formula is C20H38N4O4. The van der Waals surface area contributed by atoms with Gasteiger partial charge in [-0.2, -0.15) is 0 Å². The third-order valence-electron chi connectivity index (χ3n) is 5.61. The number of ether oxygens (including phenoxy) is 2. The second kappa shape index (κ2) is 9.89. The first-order valence-corrected chi connectivity index (χ1v) is 10.3. The Bertz CT molecular complexity index is 521.